The lowest BCUT2D eigenvalue weighted by Crippen LogP contribution is -2.65. The van der Waals surface area contributed by atoms with Crippen molar-refractivity contribution in [2.45, 2.75) is 124 Å². The third-order valence-corrected chi connectivity index (χ3v) is 6.87. The van der Waals surface area contributed by atoms with Crippen molar-refractivity contribution in [2.75, 3.05) is 33.7 Å². The molecule has 5 N–H and O–H groups in total. The summed E-state index contributed by atoms with van der Waals surface area (Å²) in [5, 5.41) is 13.7. The summed E-state index contributed by atoms with van der Waals surface area (Å²) in [6.07, 6.45) is 1.44. The largest absolute Gasteiger partial charge is 0.354 e. The van der Waals surface area contributed by atoms with Gasteiger partial charge in [0.05, 0.1) is 6.54 Å². The van der Waals surface area contributed by atoms with E-state index in [9.17, 15) is 28.8 Å². The lowest BCUT2D eigenvalue weighted by atomic mass is 9.95. The fraction of sp³-hybridized carbons (Fsp3) is 0.806. The predicted molar refractivity (Wildman–Crippen MR) is 171 cm³/mol. The molecule has 1 unspecified atom stereocenters. The Labute approximate surface area is 264 Å². The van der Waals surface area contributed by atoms with E-state index in [1.54, 1.807) is 41.5 Å². The van der Waals surface area contributed by atoms with Gasteiger partial charge >= 0.3 is 0 Å². The molecule has 13 heteroatoms. The van der Waals surface area contributed by atoms with Crippen molar-refractivity contribution in [2.24, 2.45) is 5.92 Å². The molecule has 254 valence electrons. The van der Waals surface area contributed by atoms with E-state index in [-0.39, 0.29) is 43.3 Å². The van der Waals surface area contributed by atoms with Crippen molar-refractivity contribution in [1.29, 1.82) is 0 Å². The molecule has 0 fully saturated rings. The first-order valence-corrected chi connectivity index (χ1v) is 15.6. The molecule has 0 saturated heterocycles. The van der Waals surface area contributed by atoms with Crippen LogP contribution in [0.25, 0.3) is 0 Å². The molecule has 0 aromatic carbocycles. The van der Waals surface area contributed by atoms with E-state index < -0.39 is 46.8 Å². The molecule has 0 rings (SSSR count). The maximum Gasteiger partial charge on any atom is 0.246 e. The second kappa shape index (κ2) is 18.6. The van der Waals surface area contributed by atoms with E-state index in [4.69, 9.17) is 0 Å². The maximum atomic E-state index is 13.5. The normalized spacial score (nSPS) is 13.2. The number of hydrogen-bond acceptors (Lipinski definition) is 7. The highest BCUT2D eigenvalue weighted by atomic mass is 16.2. The van der Waals surface area contributed by atoms with Crippen LogP contribution in [0.15, 0.2) is 0 Å². The summed E-state index contributed by atoms with van der Waals surface area (Å²) in [6, 6.07) is -1.24. The Morgan fingerprint density at radius 2 is 1.34 bits per heavy atom. The average Bonchev–Trinajstić information content (AvgIpc) is 2.85. The van der Waals surface area contributed by atoms with Gasteiger partial charge in [-0.1, -0.05) is 20.8 Å². The molecular formula is C31H59N7O6. The highest BCUT2D eigenvalue weighted by Gasteiger charge is 2.42. The molecule has 0 bridgehead atoms. The number of carbonyl (C=O) groups is 6. The van der Waals surface area contributed by atoms with E-state index >= 15 is 0 Å². The van der Waals surface area contributed by atoms with Crippen molar-refractivity contribution in [3.8, 4) is 0 Å². The van der Waals surface area contributed by atoms with E-state index in [1.807, 2.05) is 46.7 Å². The van der Waals surface area contributed by atoms with Crippen molar-refractivity contribution in [1.82, 2.24) is 36.4 Å². The third-order valence-electron chi connectivity index (χ3n) is 6.87. The van der Waals surface area contributed by atoms with Crippen LogP contribution in [0.1, 0.15) is 94.9 Å². The molecule has 0 aromatic rings. The predicted octanol–water partition coefficient (Wildman–Crippen LogP) is 0.917. The SMILES string of the molecule is CCCC(=O)N[C@@H](CC(C)C)C(=O)NCC(=O)N(C(C)C)C(C)(C)C(=O)NC(C)(C)C(=O)NCCC(=O)NC(C)CN(C)C. The van der Waals surface area contributed by atoms with Crippen LogP contribution in [0.2, 0.25) is 0 Å². The lowest BCUT2D eigenvalue weighted by molar-refractivity contribution is -0.150. The van der Waals surface area contributed by atoms with Crippen molar-refractivity contribution in [3.63, 3.8) is 0 Å². The van der Waals surface area contributed by atoms with Crippen LogP contribution in [0.3, 0.4) is 0 Å². The number of nitrogens with zero attached hydrogens (tertiary/aromatic N) is 2. The highest BCUT2D eigenvalue weighted by molar-refractivity contribution is 5.97. The molecule has 0 aliphatic heterocycles. The lowest BCUT2D eigenvalue weighted by Gasteiger charge is -2.42. The molecule has 0 aliphatic rings. The minimum Gasteiger partial charge on any atom is -0.354 e. The van der Waals surface area contributed by atoms with Gasteiger partial charge in [0.25, 0.3) is 0 Å². The Morgan fingerprint density at radius 1 is 0.773 bits per heavy atom. The fourth-order valence-electron chi connectivity index (χ4n) is 4.87. The summed E-state index contributed by atoms with van der Waals surface area (Å²) in [4.78, 5) is 80.4. The molecule has 2 atom stereocenters. The molecule has 0 radical (unpaired) electrons. The standard InChI is InChI=1S/C31H59N7O6/c1-13-14-24(39)35-23(17-20(2)3)27(42)33-18-26(41)38(21(4)5)31(9,10)29(44)36-30(7,8)28(43)32-16-15-25(40)34-22(6)19-37(11)12/h20-23H,13-19H2,1-12H3,(H,32,43)(H,33,42)(H,34,40)(H,35,39)(H,36,44)/t22?,23-/m0/s1. The first-order chi connectivity index (χ1) is 20.1. The van der Waals surface area contributed by atoms with Crippen molar-refractivity contribution < 1.29 is 28.8 Å². The van der Waals surface area contributed by atoms with Crippen LogP contribution in [0.4, 0.5) is 0 Å². The topological polar surface area (TPSA) is 169 Å². The minimum absolute atomic E-state index is 0.0424. The second-order valence-corrected chi connectivity index (χ2v) is 13.4. The van der Waals surface area contributed by atoms with Gasteiger partial charge in [0.2, 0.25) is 35.4 Å². The van der Waals surface area contributed by atoms with Crippen LogP contribution in [0.5, 0.6) is 0 Å². The van der Waals surface area contributed by atoms with E-state index in [0.717, 1.165) is 0 Å². The van der Waals surface area contributed by atoms with Gasteiger partial charge < -0.3 is 36.4 Å². The van der Waals surface area contributed by atoms with E-state index in [0.29, 0.717) is 25.8 Å². The Hall–Kier alpha value is -3.22. The number of nitrogens with one attached hydrogen (secondary N) is 5. The van der Waals surface area contributed by atoms with Crippen LogP contribution < -0.4 is 26.6 Å². The average molecular weight is 626 g/mol. The Kier molecular flexibility index (Phi) is 17.2. The number of rotatable bonds is 19. The summed E-state index contributed by atoms with van der Waals surface area (Å²) >= 11 is 0. The highest BCUT2D eigenvalue weighted by Crippen LogP contribution is 2.20. The van der Waals surface area contributed by atoms with Gasteiger partial charge in [0, 0.05) is 38.0 Å². The zero-order valence-corrected chi connectivity index (χ0v) is 29.1. The Balaban J connectivity index is 5.35. The first kappa shape index (κ1) is 40.8. The minimum atomic E-state index is -1.39. The van der Waals surface area contributed by atoms with Crippen molar-refractivity contribution >= 4 is 35.4 Å². The van der Waals surface area contributed by atoms with Gasteiger partial charge in [-0.3, -0.25) is 28.8 Å². The summed E-state index contributed by atoms with van der Waals surface area (Å²) in [5.74, 6) is -2.30. The van der Waals surface area contributed by atoms with Crippen LogP contribution in [0, 0.1) is 5.92 Å². The fourth-order valence-corrected chi connectivity index (χ4v) is 4.87. The van der Waals surface area contributed by atoms with Crippen LogP contribution in [-0.4, -0.2) is 108 Å². The van der Waals surface area contributed by atoms with Gasteiger partial charge in [-0.2, -0.15) is 0 Å². The number of likely N-dealkylation sites (N-methyl/N-ethyl adjacent to an activating group) is 1. The number of amides is 6. The molecule has 0 aliphatic carbocycles. The third kappa shape index (κ3) is 14.5. The first-order valence-electron chi connectivity index (χ1n) is 15.6. The zero-order valence-electron chi connectivity index (χ0n) is 29.1. The van der Waals surface area contributed by atoms with Crippen molar-refractivity contribution in [3.05, 3.63) is 0 Å². The molecule has 0 spiro atoms. The van der Waals surface area contributed by atoms with E-state index in [2.05, 4.69) is 26.6 Å². The monoisotopic (exact) mass is 625 g/mol. The smallest absolute Gasteiger partial charge is 0.246 e. The van der Waals surface area contributed by atoms with Gasteiger partial charge in [-0.15, -0.1) is 0 Å². The maximum absolute atomic E-state index is 13.5. The van der Waals surface area contributed by atoms with Crippen LogP contribution in [-0.2, 0) is 28.8 Å². The number of carbonyl (C=O) groups excluding carboxylic acids is 6. The molecule has 6 amide bonds. The van der Waals surface area contributed by atoms with E-state index in [1.165, 1.54) is 4.90 Å². The second-order valence-electron chi connectivity index (χ2n) is 13.4. The number of hydrogen-bond donors (Lipinski definition) is 5. The molecular weight excluding hydrogens is 566 g/mol. The summed E-state index contributed by atoms with van der Waals surface area (Å²) in [7, 11) is 3.83. The Bertz CT molecular complexity index is 994. The molecule has 13 nitrogen and oxygen atoms in total. The summed E-state index contributed by atoms with van der Waals surface area (Å²) in [5.41, 5.74) is -2.73. The van der Waals surface area contributed by atoms with Crippen LogP contribution >= 0.6 is 0 Å². The van der Waals surface area contributed by atoms with Gasteiger partial charge in [-0.05, 0) is 81.3 Å². The zero-order chi connectivity index (χ0) is 34.4. The quantitative estimate of drug-likeness (QED) is 0.142. The molecule has 0 aromatic heterocycles. The van der Waals surface area contributed by atoms with Gasteiger partial charge in [0.15, 0.2) is 0 Å². The van der Waals surface area contributed by atoms with Gasteiger partial charge in [0.1, 0.15) is 17.1 Å². The summed E-state index contributed by atoms with van der Waals surface area (Å²) in [6.45, 7) is 17.8. The molecule has 0 heterocycles. The Morgan fingerprint density at radius 3 is 1.84 bits per heavy atom. The molecule has 44 heavy (non-hydrogen) atoms. The summed E-state index contributed by atoms with van der Waals surface area (Å²) < 4.78 is 0. The van der Waals surface area contributed by atoms with Gasteiger partial charge in [-0.25, -0.2) is 0 Å². The molecule has 0 saturated carbocycles.